The van der Waals surface area contributed by atoms with E-state index in [1.165, 1.54) is 12.1 Å². The number of rotatable bonds is 3. The lowest BCUT2D eigenvalue weighted by atomic mass is 10.0. The zero-order chi connectivity index (χ0) is 12.2. The maximum atomic E-state index is 12.2. The second-order valence-corrected chi connectivity index (χ2v) is 3.41. The Morgan fingerprint density at radius 1 is 1.25 bits per heavy atom. The fourth-order valence-electron chi connectivity index (χ4n) is 1.27. The van der Waals surface area contributed by atoms with Crippen LogP contribution >= 0.6 is 0 Å². The molecular weight excluding hydrogens is 219 g/mol. The van der Waals surface area contributed by atoms with Crippen molar-refractivity contribution in [2.45, 2.75) is 12.6 Å². The van der Waals surface area contributed by atoms with Gasteiger partial charge in [-0.15, -0.1) is 0 Å². The van der Waals surface area contributed by atoms with Crippen molar-refractivity contribution in [1.29, 1.82) is 5.26 Å². The van der Waals surface area contributed by atoms with Crippen molar-refractivity contribution in [3.05, 3.63) is 35.4 Å². The van der Waals surface area contributed by atoms with Gasteiger partial charge in [-0.1, -0.05) is 12.1 Å². The molecule has 0 radical (unpaired) electrons. The average molecular weight is 229 g/mol. The summed E-state index contributed by atoms with van der Waals surface area (Å²) < 4.78 is 36.7. The van der Waals surface area contributed by atoms with Crippen LogP contribution in [0.15, 0.2) is 24.3 Å². The fourth-order valence-corrected chi connectivity index (χ4v) is 1.27. The van der Waals surface area contributed by atoms with Crippen LogP contribution in [0.1, 0.15) is 11.1 Å². The number of nitrogens with zero attached hydrogens (tertiary/aromatic N) is 1. The molecule has 1 atom stereocenters. The van der Waals surface area contributed by atoms with Crippen molar-refractivity contribution in [2.75, 3.05) is 6.61 Å². The van der Waals surface area contributed by atoms with Crippen LogP contribution < -0.4 is 0 Å². The number of nitriles is 1. The SMILES string of the molecule is N#C[C@H](CO)Cc1ccc(C(F)(F)F)cc1. The highest BCUT2D eigenvalue weighted by Gasteiger charge is 2.29. The third kappa shape index (κ3) is 3.24. The molecule has 0 spiro atoms. The summed E-state index contributed by atoms with van der Waals surface area (Å²) in [4.78, 5) is 0. The van der Waals surface area contributed by atoms with Gasteiger partial charge in [0.1, 0.15) is 0 Å². The topological polar surface area (TPSA) is 44.0 Å². The maximum absolute atomic E-state index is 12.2. The van der Waals surface area contributed by atoms with E-state index < -0.39 is 17.7 Å². The maximum Gasteiger partial charge on any atom is 0.416 e. The Hall–Kier alpha value is -1.54. The van der Waals surface area contributed by atoms with Crippen molar-refractivity contribution < 1.29 is 18.3 Å². The normalized spacial score (nSPS) is 13.2. The van der Waals surface area contributed by atoms with Crippen LogP contribution in [0.4, 0.5) is 13.2 Å². The molecule has 0 bridgehead atoms. The molecule has 2 nitrogen and oxygen atoms in total. The summed E-state index contributed by atoms with van der Waals surface area (Å²) >= 11 is 0. The third-order valence-corrected chi connectivity index (χ3v) is 2.17. The smallest absolute Gasteiger partial charge is 0.395 e. The van der Waals surface area contributed by atoms with Crippen LogP contribution in [0.5, 0.6) is 0 Å². The largest absolute Gasteiger partial charge is 0.416 e. The van der Waals surface area contributed by atoms with Crippen molar-refractivity contribution in [2.24, 2.45) is 5.92 Å². The summed E-state index contributed by atoms with van der Waals surface area (Å²) in [5.41, 5.74) is -0.109. The Balaban J connectivity index is 2.77. The summed E-state index contributed by atoms with van der Waals surface area (Å²) in [5, 5.41) is 17.3. The van der Waals surface area contributed by atoms with Gasteiger partial charge in [0, 0.05) is 0 Å². The Morgan fingerprint density at radius 2 is 1.81 bits per heavy atom. The van der Waals surface area contributed by atoms with Crippen molar-refractivity contribution in [3.63, 3.8) is 0 Å². The summed E-state index contributed by atoms with van der Waals surface area (Å²) in [6, 6.07) is 6.46. The second-order valence-electron chi connectivity index (χ2n) is 3.41. The van der Waals surface area contributed by atoms with E-state index in [1.54, 1.807) is 0 Å². The van der Waals surface area contributed by atoms with Gasteiger partial charge in [-0.25, -0.2) is 0 Å². The first kappa shape index (κ1) is 12.5. The molecule has 0 amide bonds. The highest BCUT2D eigenvalue weighted by atomic mass is 19.4. The van der Waals surface area contributed by atoms with Crippen LogP contribution in [0.3, 0.4) is 0 Å². The lowest BCUT2D eigenvalue weighted by molar-refractivity contribution is -0.137. The van der Waals surface area contributed by atoms with Gasteiger partial charge in [-0.05, 0) is 24.1 Å². The Kier molecular flexibility index (Phi) is 3.91. The highest BCUT2D eigenvalue weighted by molar-refractivity contribution is 5.25. The predicted molar refractivity (Wildman–Crippen MR) is 51.3 cm³/mol. The zero-order valence-electron chi connectivity index (χ0n) is 8.33. The second kappa shape index (κ2) is 4.99. The molecule has 5 heteroatoms. The van der Waals surface area contributed by atoms with Gasteiger partial charge >= 0.3 is 6.18 Å². The first-order valence-corrected chi connectivity index (χ1v) is 4.64. The Labute approximate surface area is 90.9 Å². The molecule has 1 aromatic carbocycles. The Bertz CT molecular complexity index is 378. The molecule has 0 aliphatic rings. The number of halogens is 3. The van der Waals surface area contributed by atoms with E-state index in [0.717, 1.165) is 12.1 Å². The molecule has 86 valence electrons. The number of hydrogen-bond acceptors (Lipinski definition) is 2. The quantitative estimate of drug-likeness (QED) is 0.864. The van der Waals surface area contributed by atoms with Gasteiger partial charge < -0.3 is 5.11 Å². The molecule has 0 fully saturated rings. The molecule has 0 saturated heterocycles. The number of hydrogen-bond donors (Lipinski definition) is 1. The third-order valence-electron chi connectivity index (χ3n) is 2.17. The standard InChI is InChI=1S/C11H10F3NO/c12-11(13,14)10-3-1-8(2-4-10)5-9(6-15)7-16/h1-4,9,16H,5,7H2/t9-/m1/s1. The van der Waals surface area contributed by atoms with E-state index in [-0.39, 0.29) is 13.0 Å². The molecule has 0 aliphatic carbocycles. The van der Waals surface area contributed by atoms with E-state index in [1.807, 2.05) is 6.07 Å². The molecule has 1 aromatic rings. The summed E-state index contributed by atoms with van der Waals surface area (Å²) in [6.07, 6.45) is -4.09. The monoisotopic (exact) mass is 229 g/mol. The molecule has 0 aromatic heterocycles. The van der Waals surface area contributed by atoms with Crippen molar-refractivity contribution in [1.82, 2.24) is 0 Å². The number of benzene rings is 1. The van der Waals surface area contributed by atoms with Gasteiger partial charge in [0.25, 0.3) is 0 Å². The van der Waals surface area contributed by atoms with Crippen LogP contribution in [-0.4, -0.2) is 11.7 Å². The van der Waals surface area contributed by atoms with Gasteiger partial charge in [0.15, 0.2) is 0 Å². The van der Waals surface area contributed by atoms with Crippen LogP contribution in [0, 0.1) is 17.2 Å². The van der Waals surface area contributed by atoms with E-state index >= 15 is 0 Å². The van der Waals surface area contributed by atoms with Crippen LogP contribution in [0.25, 0.3) is 0 Å². The first-order chi connectivity index (χ1) is 7.47. The first-order valence-electron chi connectivity index (χ1n) is 4.64. The van der Waals surface area contributed by atoms with Gasteiger partial charge in [0.2, 0.25) is 0 Å². The molecule has 0 heterocycles. The lowest BCUT2D eigenvalue weighted by Crippen LogP contribution is -2.08. The van der Waals surface area contributed by atoms with Gasteiger partial charge in [-0.3, -0.25) is 0 Å². The average Bonchev–Trinajstić information content (AvgIpc) is 2.25. The van der Waals surface area contributed by atoms with E-state index in [9.17, 15) is 13.2 Å². The predicted octanol–water partition coefficient (Wildman–Crippen LogP) is 2.38. The zero-order valence-corrected chi connectivity index (χ0v) is 8.33. The molecular formula is C11H10F3NO. The molecule has 1 rings (SSSR count). The molecule has 1 N–H and O–H groups in total. The van der Waals surface area contributed by atoms with E-state index in [4.69, 9.17) is 10.4 Å². The van der Waals surface area contributed by atoms with Crippen LogP contribution in [-0.2, 0) is 12.6 Å². The van der Waals surface area contributed by atoms with Gasteiger partial charge in [0.05, 0.1) is 24.2 Å². The fraction of sp³-hybridized carbons (Fsp3) is 0.364. The minimum absolute atomic E-state index is 0.255. The number of alkyl halides is 3. The summed E-state index contributed by atoms with van der Waals surface area (Å²) in [7, 11) is 0. The Morgan fingerprint density at radius 3 is 2.19 bits per heavy atom. The summed E-state index contributed by atoms with van der Waals surface area (Å²) in [5.74, 6) is -0.572. The minimum Gasteiger partial charge on any atom is -0.395 e. The molecule has 0 aliphatic heterocycles. The summed E-state index contributed by atoms with van der Waals surface area (Å²) in [6.45, 7) is -0.294. The molecule has 16 heavy (non-hydrogen) atoms. The number of aliphatic hydroxyl groups is 1. The molecule has 0 saturated carbocycles. The van der Waals surface area contributed by atoms with E-state index in [0.29, 0.717) is 5.56 Å². The highest BCUT2D eigenvalue weighted by Crippen LogP contribution is 2.29. The molecule has 0 unspecified atom stereocenters. The number of aliphatic hydroxyl groups excluding tert-OH is 1. The lowest BCUT2D eigenvalue weighted by Gasteiger charge is -2.08. The van der Waals surface area contributed by atoms with Crippen molar-refractivity contribution in [3.8, 4) is 6.07 Å². The van der Waals surface area contributed by atoms with Crippen molar-refractivity contribution >= 4 is 0 Å². The van der Waals surface area contributed by atoms with Crippen LogP contribution in [0.2, 0.25) is 0 Å². The van der Waals surface area contributed by atoms with Gasteiger partial charge in [-0.2, -0.15) is 18.4 Å². The minimum atomic E-state index is -4.34. The van der Waals surface area contributed by atoms with E-state index in [2.05, 4.69) is 0 Å².